The van der Waals surface area contributed by atoms with Crippen LogP contribution in [0, 0.1) is 11.8 Å². The number of methoxy groups -OCH3 is 2. The molecule has 1 aromatic carbocycles. The highest BCUT2D eigenvalue weighted by atomic mass is 16.5. The van der Waals surface area contributed by atoms with Gasteiger partial charge in [0, 0.05) is 5.54 Å². The molecule has 0 amide bonds. The molecule has 3 heteroatoms. The zero-order chi connectivity index (χ0) is 15.5. The molecule has 1 aliphatic carbocycles. The number of benzene rings is 1. The highest BCUT2D eigenvalue weighted by molar-refractivity contribution is 5.43. The Kier molecular flexibility index (Phi) is 5.15. The fourth-order valence-electron chi connectivity index (χ4n) is 3.49. The molecule has 1 unspecified atom stereocenters. The molecule has 2 N–H and O–H groups in total. The van der Waals surface area contributed by atoms with Crippen LogP contribution in [0.25, 0.3) is 0 Å². The highest BCUT2D eigenvalue weighted by Crippen LogP contribution is 2.36. The minimum atomic E-state index is -0.153. The second-order valence-electron chi connectivity index (χ2n) is 6.83. The largest absolute Gasteiger partial charge is 0.493 e. The van der Waals surface area contributed by atoms with Gasteiger partial charge in [0.1, 0.15) is 0 Å². The molecule has 1 fully saturated rings. The Bertz CT molecular complexity index is 462. The molecule has 0 radical (unpaired) electrons. The van der Waals surface area contributed by atoms with Gasteiger partial charge in [0.05, 0.1) is 14.2 Å². The number of ether oxygens (including phenoxy) is 2. The summed E-state index contributed by atoms with van der Waals surface area (Å²) in [5, 5.41) is 0. The van der Waals surface area contributed by atoms with Crippen molar-refractivity contribution in [3.8, 4) is 11.5 Å². The van der Waals surface area contributed by atoms with E-state index in [1.165, 1.54) is 31.2 Å². The third-order valence-electron chi connectivity index (χ3n) is 4.98. The van der Waals surface area contributed by atoms with Gasteiger partial charge < -0.3 is 15.2 Å². The molecule has 1 aliphatic rings. The minimum Gasteiger partial charge on any atom is -0.493 e. The van der Waals surface area contributed by atoms with Crippen molar-refractivity contribution in [3.05, 3.63) is 23.8 Å². The van der Waals surface area contributed by atoms with Gasteiger partial charge in [0.25, 0.3) is 0 Å². The first kappa shape index (κ1) is 16.2. The summed E-state index contributed by atoms with van der Waals surface area (Å²) >= 11 is 0. The van der Waals surface area contributed by atoms with E-state index >= 15 is 0 Å². The molecule has 0 heterocycles. The predicted octanol–water partition coefficient (Wildman–Crippen LogP) is 3.79. The summed E-state index contributed by atoms with van der Waals surface area (Å²) in [4.78, 5) is 0. The molecule has 2 rings (SSSR count). The number of rotatable bonds is 5. The number of nitrogens with two attached hydrogens (primary N) is 1. The van der Waals surface area contributed by atoms with Gasteiger partial charge in [-0.2, -0.15) is 0 Å². The van der Waals surface area contributed by atoms with Crippen molar-refractivity contribution < 1.29 is 9.47 Å². The summed E-state index contributed by atoms with van der Waals surface area (Å²) in [5.41, 5.74) is 7.72. The smallest absolute Gasteiger partial charge is 0.160 e. The topological polar surface area (TPSA) is 44.5 Å². The Balaban J connectivity index is 2.09. The average molecular weight is 291 g/mol. The van der Waals surface area contributed by atoms with Crippen LogP contribution < -0.4 is 15.2 Å². The van der Waals surface area contributed by atoms with Crippen LogP contribution in [-0.2, 0) is 6.42 Å². The standard InChI is InChI=1S/C18H29NO2/c1-13-5-8-15(9-6-13)18(2,19)12-14-7-10-16(20-3)17(11-14)21-4/h7,10-11,13,15H,5-6,8-9,12,19H2,1-4H3. The molecule has 3 nitrogen and oxygen atoms in total. The van der Waals surface area contributed by atoms with Crippen LogP contribution in [0.4, 0.5) is 0 Å². The lowest BCUT2D eigenvalue weighted by atomic mass is 9.71. The van der Waals surface area contributed by atoms with Gasteiger partial charge in [-0.05, 0) is 55.7 Å². The van der Waals surface area contributed by atoms with Crippen molar-refractivity contribution in [1.29, 1.82) is 0 Å². The van der Waals surface area contributed by atoms with Crippen molar-refractivity contribution in [2.24, 2.45) is 17.6 Å². The molecule has 118 valence electrons. The maximum Gasteiger partial charge on any atom is 0.160 e. The van der Waals surface area contributed by atoms with E-state index < -0.39 is 0 Å². The maximum atomic E-state index is 6.66. The molecule has 0 saturated heterocycles. The van der Waals surface area contributed by atoms with Crippen LogP contribution in [0.15, 0.2) is 18.2 Å². The highest BCUT2D eigenvalue weighted by Gasteiger charge is 2.33. The molecule has 1 aromatic rings. The zero-order valence-electron chi connectivity index (χ0n) is 13.8. The van der Waals surface area contributed by atoms with Gasteiger partial charge in [-0.3, -0.25) is 0 Å². The molecule has 21 heavy (non-hydrogen) atoms. The summed E-state index contributed by atoms with van der Waals surface area (Å²) < 4.78 is 10.7. The van der Waals surface area contributed by atoms with E-state index in [1.54, 1.807) is 14.2 Å². The second-order valence-corrected chi connectivity index (χ2v) is 6.83. The molecule has 1 atom stereocenters. The van der Waals surface area contributed by atoms with Crippen molar-refractivity contribution in [2.45, 2.75) is 51.5 Å². The fraction of sp³-hybridized carbons (Fsp3) is 0.667. The first-order chi connectivity index (χ1) is 9.96. The van der Waals surface area contributed by atoms with Crippen LogP contribution in [0.2, 0.25) is 0 Å². The van der Waals surface area contributed by atoms with Crippen molar-refractivity contribution >= 4 is 0 Å². The van der Waals surface area contributed by atoms with E-state index in [9.17, 15) is 0 Å². The van der Waals surface area contributed by atoms with E-state index in [4.69, 9.17) is 15.2 Å². The van der Waals surface area contributed by atoms with Crippen LogP contribution in [0.3, 0.4) is 0 Å². The average Bonchev–Trinajstić information content (AvgIpc) is 2.47. The molecule has 0 aromatic heterocycles. The molecule has 0 spiro atoms. The lowest BCUT2D eigenvalue weighted by Gasteiger charge is -2.38. The summed E-state index contributed by atoms with van der Waals surface area (Å²) in [5.74, 6) is 3.02. The molecular weight excluding hydrogens is 262 g/mol. The van der Waals surface area contributed by atoms with Gasteiger partial charge in [-0.1, -0.05) is 25.8 Å². The van der Waals surface area contributed by atoms with Gasteiger partial charge >= 0.3 is 0 Å². The van der Waals surface area contributed by atoms with Gasteiger partial charge in [-0.25, -0.2) is 0 Å². The van der Waals surface area contributed by atoms with Crippen molar-refractivity contribution in [2.75, 3.05) is 14.2 Å². The third kappa shape index (κ3) is 3.91. The van der Waals surface area contributed by atoms with E-state index in [-0.39, 0.29) is 5.54 Å². The third-order valence-corrected chi connectivity index (χ3v) is 4.98. The van der Waals surface area contributed by atoms with Gasteiger partial charge in [0.15, 0.2) is 11.5 Å². The quantitative estimate of drug-likeness (QED) is 0.897. The van der Waals surface area contributed by atoms with Gasteiger partial charge in [-0.15, -0.1) is 0 Å². The lowest BCUT2D eigenvalue weighted by Crippen LogP contribution is -2.47. The molecular formula is C18H29NO2. The Labute approximate surface area is 128 Å². The predicted molar refractivity (Wildman–Crippen MR) is 87.0 cm³/mol. The maximum absolute atomic E-state index is 6.66. The summed E-state index contributed by atoms with van der Waals surface area (Å²) in [6.07, 6.45) is 6.00. The molecule has 1 saturated carbocycles. The van der Waals surface area contributed by atoms with Crippen LogP contribution in [0.1, 0.15) is 45.1 Å². The van der Waals surface area contributed by atoms with Gasteiger partial charge in [0.2, 0.25) is 0 Å². The lowest BCUT2D eigenvalue weighted by molar-refractivity contribution is 0.191. The van der Waals surface area contributed by atoms with E-state index in [0.29, 0.717) is 5.92 Å². The first-order valence-corrected chi connectivity index (χ1v) is 7.96. The number of hydrogen-bond donors (Lipinski definition) is 1. The first-order valence-electron chi connectivity index (χ1n) is 7.96. The summed E-state index contributed by atoms with van der Waals surface area (Å²) in [6, 6.07) is 6.11. The monoisotopic (exact) mass is 291 g/mol. The molecule has 0 bridgehead atoms. The summed E-state index contributed by atoms with van der Waals surface area (Å²) in [6.45, 7) is 4.54. The van der Waals surface area contributed by atoms with E-state index in [1.807, 2.05) is 6.07 Å². The van der Waals surface area contributed by atoms with Crippen molar-refractivity contribution in [1.82, 2.24) is 0 Å². The number of hydrogen-bond acceptors (Lipinski definition) is 3. The molecule has 0 aliphatic heterocycles. The fourth-order valence-corrected chi connectivity index (χ4v) is 3.49. The Morgan fingerprint density at radius 2 is 1.71 bits per heavy atom. The van der Waals surface area contributed by atoms with Crippen molar-refractivity contribution in [3.63, 3.8) is 0 Å². The van der Waals surface area contributed by atoms with E-state index in [2.05, 4.69) is 26.0 Å². The van der Waals surface area contributed by atoms with Crippen LogP contribution >= 0.6 is 0 Å². The Hall–Kier alpha value is -1.22. The zero-order valence-corrected chi connectivity index (χ0v) is 13.8. The SMILES string of the molecule is COc1ccc(CC(C)(N)C2CCC(C)CC2)cc1OC. The van der Waals surface area contributed by atoms with Crippen LogP contribution in [0.5, 0.6) is 11.5 Å². The summed E-state index contributed by atoms with van der Waals surface area (Å²) in [7, 11) is 3.33. The minimum absolute atomic E-state index is 0.153. The Morgan fingerprint density at radius 3 is 2.29 bits per heavy atom. The van der Waals surface area contributed by atoms with Crippen LogP contribution in [-0.4, -0.2) is 19.8 Å². The second kappa shape index (κ2) is 6.69. The normalized spacial score (nSPS) is 25.2. The van der Waals surface area contributed by atoms with E-state index in [0.717, 1.165) is 23.8 Å². The Morgan fingerprint density at radius 1 is 1.10 bits per heavy atom.